The van der Waals surface area contributed by atoms with Crippen LogP contribution in [-0.4, -0.2) is 28.7 Å². The van der Waals surface area contributed by atoms with E-state index in [-0.39, 0.29) is 11.7 Å². The second kappa shape index (κ2) is 3.39. The number of ether oxygens (including phenoxy) is 1. The van der Waals surface area contributed by atoms with E-state index < -0.39 is 0 Å². The molecule has 0 aromatic heterocycles. The number of carbonyl (C=O) groups excluding carboxylic acids is 1. The number of hydrogen-bond acceptors (Lipinski definition) is 2. The number of carbonyl (C=O) groups is 1. The molecule has 0 aromatic carbocycles. The summed E-state index contributed by atoms with van der Waals surface area (Å²) in [5.41, 5.74) is -0.373. The topological polar surface area (TPSA) is 29.5 Å². The standard InChI is InChI=1S/C12H21NO2/c1-5-9-6-8-7-10(8)13(9)11(14)15-12(2,3)4/h8-10H,5-7H2,1-4H3/t8-,9+,10+/m0/s1. The number of nitrogens with zero attached hydrogens (tertiary/aromatic N) is 1. The Morgan fingerprint density at radius 3 is 2.60 bits per heavy atom. The summed E-state index contributed by atoms with van der Waals surface area (Å²) >= 11 is 0. The van der Waals surface area contributed by atoms with Gasteiger partial charge >= 0.3 is 6.09 Å². The Morgan fingerprint density at radius 1 is 1.40 bits per heavy atom. The number of amides is 1. The van der Waals surface area contributed by atoms with Crippen LogP contribution in [0, 0.1) is 5.92 Å². The van der Waals surface area contributed by atoms with Crippen molar-refractivity contribution in [3.8, 4) is 0 Å². The number of rotatable bonds is 1. The molecule has 15 heavy (non-hydrogen) atoms. The molecule has 0 radical (unpaired) electrons. The van der Waals surface area contributed by atoms with Gasteiger partial charge in [0.15, 0.2) is 0 Å². The fourth-order valence-electron chi connectivity index (χ4n) is 2.52. The summed E-state index contributed by atoms with van der Waals surface area (Å²) in [6.07, 6.45) is 3.31. The van der Waals surface area contributed by atoms with Gasteiger partial charge in [0, 0.05) is 12.1 Å². The molecule has 0 bridgehead atoms. The van der Waals surface area contributed by atoms with Crippen molar-refractivity contribution < 1.29 is 9.53 Å². The minimum absolute atomic E-state index is 0.112. The molecule has 3 atom stereocenters. The Kier molecular flexibility index (Phi) is 2.44. The molecule has 2 fully saturated rings. The Labute approximate surface area is 91.8 Å². The van der Waals surface area contributed by atoms with E-state index in [1.807, 2.05) is 25.7 Å². The highest BCUT2D eigenvalue weighted by molar-refractivity contribution is 5.70. The van der Waals surface area contributed by atoms with E-state index in [0.29, 0.717) is 12.1 Å². The molecule has 2 rings (SSSR count). The first-order valence-electron chi connectivity index (χ1n) is 5.93. The molecule has 1 aliphatic carbocycles. The molecule has 1 aliphatic heterocycles. The zero-order valence-electron chi connectivity index (χ0n) is 10.1. The molecule has 0 unspecified atom stereocenters. The number of likely N-dealkylation sites (tertiary alicyclic amines) is 1. The quantitative estimate of drug-likeness (QED) is 0.667. The molecule has 1 saturated carbocycles. The van der Waals surface area contributed by atoms with E-state index in [4.69, 9.17) is 4.74 Å². The van der Waals surface area contributed by atoms with Gasteiger partial charge < -0.3 is 9.64 Å². The molecular weight excluding hydrogens is 190 g/mol. The van der Waals surface area contributed by atoms with Gasteiger partial charge in [-0.3, -0.25) is 0 Å². The lowest BCUT2D eigenvalue weighted by Crippen LogP contribution is -2.41. The zero-order valence-corrected chi connectivity index (χ0v) is 10.1. The maximum absolute atomic E-state index is 12.0. The zero-order chi connectivity index (χ0) is 11.2. The lowest BCUT2D eigenvalue weighted by Gasteiger charge is -2.30. The Bertz CT molecular complexity index is 269. The summed E-state index contributed by atoms with van der Waals surface area (Å²) < 4.78 is 5.44. The largest absolute Gasteiger partial charge is 0.444 e. The summed E-state index contributed by atoms with van der Waals surface area (Å²) in [7, 11) is 0. The van der Waals surface area contributed by atoms with Crippen molar-refractivity contribution in [3.05, 3.63) is 0 Å². The highest BCUT2D eigenvalue weighted by Gasteiger charge is 2.54. The van der Waals surface area contributed by atoms with Crippen molar-refractivity contribution in [2.75, 3.05) is 0 Å². The highest BCUT2D eigenvalue weighted by atomic mass is 16.6. The lowest BCUT2D eigenvalue weighted by molar-refractivity contribution is 0.0181. The fourth-order valence-corrected chi connectivity index (χ4v) is 2.52. The van der Waals surface area contributed by atoms with Crippen LogP contribution < -0.4 is 0 Å². The van der Waals surface area contributed by atoms with E-state index in [2.05, 4.69) is 6.92 Å². The maximum atomic E-state index is 12.0. The molecule has 0 N–H and O–H groups in total. The van der Waals surface area contributed by atoms with Gasteiger partial charge in [-0.25, -0.2) is 4.79 Å². The average Bonchev–Trinajstić information content (AvgIpc) is 2.73. The smallest absolute Gasteiger partial charge is 0.410 e. The van der Waals surface area contributed by atoms with Crippen LogP contribution >= 0.6 is 0 Å². The van der Waals surface area contributed by atoms with Gasteiger partial charge in [0.05, 0.1) is 0 Å². The second-order valence-corrected chi connectivity index (χ2v) is 5.75. The molecule has 3 nitrogen and oxygen atoms in total. The van der Waals surface area contributed by atoms with Crippen LogP contribution in [0.1, 0.15) is 47.0 Å². The van der Waals surface area contributed by atoms with Crippen molar-refractivity contribution in [1.29, 1.82) is 0 Å². The number of piperidine rings is 1. The van der Waals surface area contributed by atoms with E-state index >= 15 is 0 Å². The van der Waals surface area contributed by atoms with Gasteiger partial charge in [-0.2, -0.15) is 0 Å². The minimum Gasteiger partial charge on any atom is -0.444 e. The molecular formula is C12H21NO2. The molecule has 0 aromatic rings. The SMILES string of the molecule is CC[C@@H]1C[C@H]2C[C@H]2N1C(=O)OC(C)(C)C. The number of fused-ring (bicyclic) bond motifs is 1. The maximum Gasteiger partial charge on any atom is 0.410 e. The summed E-state index contributed by atoms with van der Waals surface area (Å²) in [6.45, 7) is 7.91. The summed E-state index contributed by atoms with van der Waals surface area (Å²) in [5, 5.41) is 0. The molecule has 1 amide bonds. The lowest BCUT2D eigenvalue weighted by atomic mass is 10.1. The molecule has 0 spiro atoms. The molecule has 86 valence electrons. The monoisotopic (exact) mass is 211 g/mol. The van der Waals surface area contributed by atoms with E-state index in [9.17, 15) is 4.79 Å². The first-order chi connectivity index (χ1) is 6.92. The third-order valence-electron chi connectivity index (χ3n) is 3.29. The van der Waals surface area contributed by atoms with Crippen molar-refractivity contribution in [2.24, 2.45) is 5.92 Å². The van der Waals surface area contributed by atoms with Gasteiger partial charge in [0.2, 0.25) is 0 Å². The van der Waals surface area contributed by atoms with Crippen molar-refractivity contribution >= 4 is 6.09 Å². The Hall–Kier alpha value is -0.730. The predicted octanol–water partition coefficient (Wildman–Crippen LogP) is 2.79. The molecule has 3 heteroatoms. The van der Waals surface area contributed by atoms with Gasteiger partial charge in [-0.15, -0.1) is 0 Å². The summed E-state index contributed by atoms with van der Waals surface area (Å²) in [5.74, 6) is 0.766. The highest BCUT2D eigenvalue weighted by Crippen LogP contribution is 2.48. The first-order valence-corrected chi connectivity index (χ1v) is 5.93. The summed E-state index contributed by atoms with van der Waals surface area (Å²) in [4.78, 5) is 14.0. The Morgan fingerprint density at radius 2 is 2.07 bits per heavy atom. The van der Waals surface area contributed by atoms with Gasteiger partial charge in [-0.05, 0) is 46.0 Å². The van der Waals surface area contributed by atoms with Crippen molar-refractivity contribution in [1.82, 2.24) is 4.90 Å². The average molecular weight is 211 g/mol. The second-order valence-electron chi connectivity index (χ2n) is 5.75. The first kappa shape index (κ1) is 10.8. The van der Waals surface area contributed by atoms with E-state index in [1.165, 1.54) is 12.8 Å². The van der Waals surface area contributed by atoms with Crippen molar-refractivity contribution in [3.63, 3.8) is 0 Å². The molecule has 2 aliphatic rings. The number of hydrogen-bond donors (Lipinski definition) is 0. The van der Waals surface area contributed by atoms with Gasteiger partial charge in [0.1, 0.15) is 5.60 Å². The Balaban J connectivity index is 1.99. The van der Waals surface area contributed by atoms with Crippen LogP contribution in [0.4, 0.5) is 4.79 Å². The summed E-state index contributed by atoms with van der Waals surface area (Å²) in [6, 6.07) is 0.911. The van der Waals surface area contributed by atoms with Crippen LogP contribution in [0.25, 0.3) is 0 Å². The van der Waals surface area contributed by atoms with Gasteiger partial charge in [-0.1, -0.05) is 6.92 Å². The van der Waals surface area contributed by atoms with Crippen LogP contribution in [-0.2, 0) is 4.74 Å². The predicted molar refractivity (Wildman–Crippen MR) is 58.7 cm³/mol. The van der Waals surface area contributed by atoms with Crippen LogP contribution in [0.2, 0.25) is 0 Å². The third-order valence-corrected chi connectivity index (χ3v) is 3.29. The molecule has 1 saturated heterocycles. The normalized spacial score (nSPS) is 33.9. The van der Waals surface area contributed by atoms with E-state index in [0.717, 1.165) is 12.3 Å². The minimum atomic E-state index is -0.373. The molecule has 1 heterocycles. The van der Waals surface area contributed by atoms with Gasteiger partial charge in [0.25, 0.3) is 0 Å². The van der Waals surface area contributed by atoms with Crippen molar-refractivity contribution in [2.45, 2.75) is 64.6 Å². The van der Waals surface area contributed by atoms with Crippen LogP contribution in [0.3, 0.4) is 0 Å². The fraction of sp³-hybridized carbons (Fsp3) is 0.917. The van der Waals surface area contributed by atoms with Crippen LogP contribution in [0.15, 0.2) is 0 Å². The van der Waals surface area contributed by atoms with Crippen LogP contribution in [0.5, 0.6) is 0 Å². The van der Waals surface area contributed by atoms with E-state index in [1.54, 1.807) is 0 Å². The third kappa shape index (κ3) is 2.11.